The Bertz CT molecular complexity index is 294. The number of ketones is 1. The van der Waals surface area contributed by atoms with Crippen molar-refractivity contribution in [3.8, 4) is 0 Å². The second-order valence-electron chi connectivity index (χ2n) is 4.40. The van der Waals surface area contributed by atoms with E-state index in [0.717, 1.165) is 0 Å². The number of carbonyl (C=O) groups is 2. The van der Waals surface area contributed by atoms with Crippen molar-refractivity contribution in [2.45, 2.75) is 38.5 Å². The highest BCUT2D eigenvalue weighted by atomic mass is 16.5. The number of carbonyl (C=O) groups excluding carboxylic acids is 2. The normalized spacial score (nSPS) is 30.0. The van der Waals surface area contributed by atoms with Crippen molar-refractivity contribution in [2.75, 3.05) is 13.2 Å². The van der Waals surface area contributed by atoms with Gasteiger partial charge in [-0.25, -0.2) is 0 Å². The molecule has 0 aliphatic carbocycles. The first-order chi connectivity index (χ1) is 7.95. The van der Waals surface area contributed by atoms with Gasteiger partial charge in [0.15, 0.2) is 0 Å². The van der Waals surface area contributed by atoms with E-state index >= 15 is 0 Å². The van der Waals surface area contributed by atoms with E-state index in [-0.39, 0.29) is 24.3 Å². The van der Waals surface area contributed by atoms with E-state index in [2.05, 4.69) is 5.32 Å². The highest BCUT2D eigenvalue weighted by Crippen LogP contribution is 2.24. The molecule has 0 radical (unpaired) electrons. The van der Waals surface area contributed by atoms with Crippen molar-refractivity contribution in [1.82, 2.24) is 5.32 Å². The van der Waals surface area contributed by atoms with Crippen molar-refractivity contribution in [2.24, 2.45) is 5.92 Å². The van der Waals surface area contributed by atoms with Gasteiger partial charge in [-0.05, 0) is 13.3 Å². The van der Waals surface area contributed by atoms with Gasteiger partial charge < -0.3 is 20.3 Å². The summed E-state index contributed by atoms with van der Waals surface area (Å²) in [6, 6.07) is -0.769. The minimum absolute atomic E-state index is 0.0227. The van der Waals surface area contributed by atoms with Crippen LogP contribution in [-0.4, -0.2) is 53.4 Å². The van der Waals surface area contributed by atoms with Crippen molar-refractivity contribution in [3.63, 3.8) is 0 Å². The van der Waals surface area contributed by atoms with Gasteiger partial charge in [0.25, 0.3) is 0 Å². The molecule has 1 aliphatic rings. The summed E-state index contributed by atoms with van der Waals surface area (Å²) in [6.07, 6.45) is -0.454. The zero-order valence-corrected chi connectivity index (χ0v) is 10.0. The number of ether oxygens (including phenoxy) is 1. The molecule has 1 fully saturated rings. The average Bonchev–Trinajstić information content (AvgIpc) is 2.69. The smallest absolute Gasteiger partial charge is 0.302 e. The first-order valence-corrected chi connectivity index (χ1v) is 5.64. The van der Waals surface area contributed by atoms with Crippen LogP contribution < -0.4 is 5.32 Å². The molecule has 3 N–H and O–H groups in total. The van der Waals surface area contributed by atoms with Gasteiger partial charge in [-0.3, -0.25) is 9.59 Å². The maximum atomic E-state index is 11.3. The van der Waals surface area contributed by atoms with Crippen LogP contribution >= 0.6 is 0 Å². The van der Waals surface area contributed by atoms with Crippen LogP contribution in [0.4, 0.5) is 0 Å². The van der Waals surface area contributed by atoms with E-state index in [1.54, 1.807) is 0 Å². The van der Waals surface area contributed by atoms with Crippen LogP contribution in [0.5, 0.6) is 0 Å². The molecule has 1 saturated heterocycles. The average molecular weight is 245 g/mol. The van der Waals surface area contributed by atoms with Gasteiger partial charge >= 0.3 is 5.97 Å². The molecule has 0 aromatic carbocycles. The molecule has 1 aliphatic heterocycles. The Kier molecular flexibility index (Phi) is 5.04. The molecule has 1 rings (SSSR count). The first kappa shape index (κ1) is 14.1. The minimum Gasteiger partial charge on any atom is -0.466 e. The fraction of sp³-hybridized carbons (Fsp3) is 0.818. The van der Waals surface area contributed by atoms with Crippen LogP contribution in [0.15, 0.2) is 0 Å². The molecule has 1 heterocycles. The van der Waals surface area contributed by atoms with Crippen LogP contribution in [0.1, 0.15) is 20.3 Å². The fourth-order valence-electron chi connectivity index (χ4n) is 2.10. The van der Waals surface area contributed by atoms with Gasteiger partial charge in [-0.15, -0.1) is 0 Å². The molecule has 4 atom stereocenters. The molecule has 0 saturated carbocycles. The topological polar surface area (TPSA) is 95.9 Å². The summed E-state index contributed by atoms with van der Waals surface area (Å²) in [5, 5.41) is 21.5. The summed E-state index contributed by atoms with van der Waals surface area (Å²) in [7, 11) is 0. The standard InChI is InChI=1S/C11H19NO5/c1-6(14)9-3-8(5-17-7(2)15)11(12-9)10(16)4-13/h8-13,16H,3-5H2,1-2H3. The molecule has 0 spiro atoms. The van der Waals surface area contributed by atoms with E-state index in [4.69, 9.17) is 9.84 Å². The van der Waals surface area contributed by atoms with Crippen molar-refractivity contribution in [3.05, 3.63) is 0 Å². The van der Waals surface area contributed by atoms with E-state index < -0.39 is 24.7 Å². The molecule has 17 heavy (non-hydrogen) atoms. The van der Waals surface area contributed by atoms with Gasteiger partial charge in [-0.2, -0.15) is 0 Å². The predicted molar refractivity (Wildman–Crippen MR) is 59.2 cm³/mol. The third kappa shape index (κ3) is 3.76. The molecular weight excluding hydrogens is 226 g/mol. The Balaban J connectivity index is 2.63. The summed E-state index contributed by atoms with van der Waals surface area (Å²) >= 11 is 0. The SMILES string of the molecule is CC(=O)OCC1CC(C(C)=O)NC1C(O)CO. The Labute approximate surface area is 100.0 Å². The zero-order chi connectivity index (χ0) is 13.0. The Hall–Kier alpha value is -0.980. The molecule has 0 aromatic heterocycles. The van der Waals surface area contributed by atoms with Gasteiger partial charge in [0.1, 0.15) is 5.78 Å². The molecule has 6 heteroatoms. The van der Waals surface area contributed by atoms with E-state index in [9.17, 15) is 14.7 Å². The second kappa shape index (κ2) is 6.09. The lowest BCUT2D eigenvalue weighted by Crippen LogP contribution is -2.45. The highest BCUT2D eigenvalue weighted by molar-refractivity contribution is 5.81. The third-order valence-corrected chi connectivity index (χ3v) is 3.03. The summed E-state index contributed by atoms with van der Waals surface area (Å²) in [6.45, 7) is 2.53. The highest BCUT2D eigenvalue weighted by Gasteiger charge is 2.39. The number of esters is 1. The molecule has 98 valence electrons. The van der Waals surface area contributed by atoms with Crippen LogP contribution in [0, 0.1) is 5.92 Å². The zero-order valence-electron chi connectivity index (χ0n) is 10.0. The fourth-order valence-corrected chi connectivity index (χ4v) is 2.10. The molecule has 6 nitrogen and oxygen atoms in total. The Morgan fingerprint density at radius 2 is 2.12 bits per heavy atom. The number of hydrogen-bond acceptors (Lipinski definition) is 6. The number of hydrogen-bond donors (Lipinski definition) is 3. The maximum Gasteiger partial charge on any atom is 0.302 e. The number of nitrogens with one attached hydrogen (secondary N) is 1. The van der Waals surface area contributed by atoms with Crippen molar-refractivity contribution < 1.29 is 24.5 Å². The van der Waals surface area contributed by atoms with Crippen LogP contribution in [0.3, 0.4) is 0 Å². The van der Waals surface area contributed by atoms with E-state index in [1.165, 1.54) is 13.8 Å². The van der Waals surface area contributed by atoms with Crippen LogP contribution in [0.2, 0.25) is 0 Å². The molecule has 0 amide bonds. The van der Waals surface area contributed by atoms with E-state index in [1.807, 2.05) is 0 Å². The minimum atomic E-state index is -0.958. The summed E-state index contributed by atoms with van der Waals surface area (Å²) in [4.78, 5) is 22.0. The number of Topliss-reactive ketones (excluding diaryl/α,β-unsaturated/α-hetero) is 1. The Morgan fingerprint density at radius 1 is 1.47 bits per heavy atom. The van der Waals surface area contributed by atoms with Gasteiger partial charge in [0, 0.05) is 18.9 Å². The van der Waals surface area contributed by atoms with Gasteiger partial charge in [0.2, 0.25) is 0 Å². The van der Waals surface area contributed by atoms with Crippen molar-refractivity contribution >= 4 is 11.8 Å². The largest absolute Gasteiger partial charge is 0.466 e. The van der Waals surface area contributed by atoms with E-state index in [0.29, 0.717) is 6.42 Å². The lowest BCUT2D eigenvalue weighted by molar-refractivity contribution is -0.142. The summed E-state index contributed by atoms with van der Waals surface area (Å²) in [5.41, 5.74) is 0. The Morgan fingerprint density at radius 3 is 2.59 bits per heavy atom. The van der Waals surface area contributed by atoms with Gasteiger partial charge in [-0.1, -0.05) is 0 Å². The molecular formula is C11H19NO5. The maximum absolute atomic E-state index is 11.3. The third-order valence-electron chi connectivity index (χ3n) is 3.03. The quantitative estimate of drug-likeness (QED) is 0.529. The molecule has 4 unspecified atom stereocenters. The lowest BCUT2D eigenvalue weighted by Gasteiger charge is -2.23. The van der Waals surface area contributed by atoms with Crippen LogP contribution in [0.25, 0.3) is 0 Å². The predicted octanol–water partition coefficient (Wildman–Crippen LogP) is -1.16. The molecule has 0 aromatic rings. The number of aliphatic hydroxyl groups is 2. The first-order valence-electron chi connectivity index (χ1n) is 5.64. The number of rotatable bonds is 5. The summed E-state index contributed by atoms with van der Waals surface area (Å²) in [5.74, 6) is -0.575. The second-order valence-corrected chi connectivity index (χ2v) is 4.40. The van der Waals surface area contributed by atoms with Gasteiger partial charge in [0.05, 0.1) is 25.4 Å². The van der Waals surface area contributed by atoms with Crippen LogP contribution in [-0.2, 0) is 14.3 Å². The molecule has 0 bridgehead atoms. The monoisotopic (exact) mass is 245 g/mol. The lowest BCUT2D eigenvalue weighted by atomic mass is 9.95. The van der Waals surface area contributed by atoms with Crippen molar-refractivity contribution in [1.29, 1.82) is 0 Å². The number of aliphatic hydroxyl groups excluding tert-OH is 2. The summed E-state index contributed by atoms with van der Waals surface area (Å²) < 4.78 is 4.90.